The third-order valence-corrected chi connectivity index (χ3v) is 4.37. The number of rotatable bonds is 3. The summed E-state index contributed by atoms with van der Waals surface area (Å²) in [5, 5.41) is 0. The third-order valence-electron chi connectivity index (χ3n) is 4.37. The van der Waals surface area contributed by atoms with Crippen molar-refractivity contribution >= 4 is 11.6 Å². The average Bonchev–Trinajstić information content (AvgIpc) is 2.69. The molecular formula is C19H21NO. The quantitative estimate of drug-likeness (QED) is 0.833. The molecule has 0 saturated heterocycles. The maximum absolute atomic E-state index is 13.1. The van der Waals surface area contributed by atoms with Crippen molar-refractivity contribution in [3.8, 4) is 0 Å². The first-order chi connectivity index (χ1) is 10.0. The lowest BCUT2D eigenvalue weighted by Gasteiger charge is -2.26. The second kappa shape index (κ2) is 5.03. The van der Waals surface area contributed by atoms with E-state index < -0.39 is 5.41 Å². The van der Waals surface area contributed by atoms with Crippen LogP contribution in [-0.4, -0.2) is 11.9 Å². The van der Waals surface area contributed by atoms with Crippen LogP contribution in [0.3, 0.4) is 0 Å². The molecule has 3 rings (SSSR count). The van der Waals surface area contributed by atoms with Crippen LogP contribution in [0.1, 0.15) is 31.9 Å². The highest BCUT2D eigenvalue weighted by atomic mass is 16.2. The summed E-state index contributed by atoms with van der Waals surface area (Å²) in [6.45, 7) is 6.22. The Hall–Kier alpha value is -2.09. The Labute approximate surface area is 126 Å². The van der Waals surface area contributed by atoms with Crippen LogP contribution in [0.5, 0.6) is 0 Å². The molecule has 0 aromatic heterocycles. The van der Waals surface area contributed by atoms with Gasteiger partial charge in [-0.3, -0.25) is 4.79 Å². The van der Waals surface area contributed by atoms with Gasteiger partial charge in [0.1, 0.15) is 0 Å². The van der Waals surface area contributed by atoms with E-state index in [-0.39, 0.29) is 11.9 Å². The smallest absolute Gasteiger partial charge is 0.238 e. The Bertz CT molecular complexity index is 662. The predicted molar refractivity (Wildman–Crippen MR) is 86.6 cm³/mol. The van der Waals surface area contributed by atoms with Crippen LogP contribution in [0.2, 0.25) is 0 Å². The number of benzene rings is 2. The summed E-state index contributed by atoms with van der Waals surface area (Å²) in [4.78, 5) is 15.0. The number of carbonyl (C=O) groups excluding carboxylic acids is 1. The van der Waals surface area contributed by atoms with Crippen molar-refractivity contribution in [3.63, 3.8) is 0 Å². The van der Waals surface area contributed by atoms with E-state index in [4.69, 9.17) is 0 Å². The van der Waals surface area contributed by atoms with Gasteiger partial charge in [0.25, 0.3) is 0 Å². The van der Waals surface area contributed by atoms with Crippen molar-refractivity contribution in [3.05, 3.63) is 65.7 Å². The normalized spacial score (nSPS) is 21.0. The molecule has 2 heteroatoms. The molecule has 0 bridgehead atoms. The van der Waals surface area contributed by atoms with Crippen molar-refractivity contribution in [2.45, 2.75) is 38.6 Å². The zero-order valence-corrected chi connectivity index (χ0v) is 12.8. The maximum Gasteiger partial charge on any atom is 0.238 e. The molecule has 0 fully saturated rings. The summed E-state index contributed by atoms with van der Waals surface area (Å²) in [6.07, 6.45) is 0.743. The number of amides is 1. The molecule has 1 heterocycles. The van der Waals surface area contributed by atoms with Gasteiger partial charge in [-0.2, -0.15) is 0 Å². The SMILES string of the molecule is CC(C)N1C(=O)C(C)(Cc2ccccc2)c2ccccc21. The second-order valence-corrected chi connectivity index (χ2v) is 6.28. The van der Waals surface area contributed by atoms with Crippen LogP contribution < -0.4 is 4.90 Å². The number of fused-ring (bicyclic) bond motifs is 1. The van der Waals surface area contributed by atoms with E-state index in [0.717, 1.165) is 17.7 Å². The van der Waals surface area contributed by atoms with E-state index in [1.54, 1.807) is 0 Å². The highest BCUT2D eigenvalue weighted by Gasteiger charge is 2.47. The first-order valence-electron chi connectivity index (χ1n) is 7.51. The Morgan fingerprint density at radius 3 is 2.29 bits per heavy atom. The van der Waals surface area contributed by atoms with Gasteiger partial charge in [-0.15, -0.1) is 0 Å². The number of hydrogen-bond donors (Lipinski definition) is 0. The molecule has 1 atom stereocenters. The fourth-order valence-corrected chi connectivity index (χ4v) is 3.33. The molecule has 1 aliphatic heterocycles. The van der Waals surface area contributed by atoms with E-state index in [2.05, 4.69) is 45.0 Å². The summed E-state index contributed by atoms with van der Waals surface area (Å²) in [7, 11) is 0. The van der Waals surface area contributed by atoms with E-state index in [1.807, 2.05) is 35.2 Å². The third kappa shape index (κ3) is 2.15. The van der Waals surface area contributed by atoms with Crippen molar-refractivity contribution in [2.24, 2.45) is 0 Å². The van der Waals surface area contributed by atoms with Crippen LogP contribution in [-0.2, 0) is 16.6 Å². The second-order valence-electron chi connectivity index (χ2n) is 6.28. The molecule has 2 nitrogen and oxygen atoms in total. The monoisotopic (exact) mass is 279 g/mol. The van der Waals surface area contributed by atoms with Gasteiger partial charge in [0.05, 0.1) is 5.41 Å². The Balaban J connectivity index is 2.08. The Kier molecular flexibility index (Phi) is 3.32. The van der Waals surface area contributed by atoms with Crippen molar-refractivity contribution in [1.82, 2.24) is 0 Å². The first kappa shape index (κ1) is 13.9. The molecule has 0 spiro atoms. The molecule has 1 aliphatic rings. The highest BCUT2D eigenvalue weighted by Crippen LogP contribution is 2.44. The van der Waals surface area contributed by atoms with Gasteiger partial charge in [0.2, 0.25) is 5.91 Å². The minimum Gasteiger partial charge on any atom is -0.309 e. The molecule has 1 unspecified atom stereocenters. The molecule has 0 radical (unpaired) electrons. The number of anilines is 1. The molecule has 0 N–H and O–H groups in total. The van der Waals surface area contributed by atoms with Crippen molar-refractivity contribution in [2.75, 3.05) is 4.90 Å². The number of carbonyl (C=O) groups is 1. The lowest BCUT2D eigenvalue weighted by Crippen LogP contribution is -2.43. The van der Waals surface area contributed by atoms with Gasteiger partial charge in [0, 0.05) is 11.7 Å². The standard InChI is InChI=1S/C19H21NO/c1-14(2)20-17-12-8-7-11-16(17)19(3,18(20)21)13-15-9-5-4-6-10-15/h4-12,14H,13H2,1-3H3. The van der Waals surface area contributed by atoms with E-state index in [0.29, 0.717) is 0 Å². The fourth-order valence-electron chi connectivity index (χ4n) is 3.33. The minimum absolute atomic E-state index is 0.177. The average molecular weight is 279 g/mol. The van der Waals surface area contributed by atoms with E-state index in [1.165, 1.54) is 5.56 Å². The zero-order valence-electron chi connectivity index (χ0n) is 12.8. The first-order valence-corrected chi connectivity index (χ1v) is 7.51. The summed E-state index contributed by atoms with van der Waals surface area (Å²) in [6, 6.07) is 18.6. The van der Waals surface area contributed by atoms with Crippen LogP contribution in [0.4, 0.5) is 5.69 Å². The van der Waals surface area contributed by atoms with Gasteiger partial charge in [-0.1, -0.05) is 48.5 Å². The fraction of sp³-hybridized carbons (Fsp3) is 0.316. The number of hydrogen-bond acceptors (Lipinski definition) is 1. The topological polar surface area (TPSA) is 20.3 Å². The highest BCUT2D eigenvalue weighted by molar-refractivity contribution is 6.08. The Morgan fingerprint density at radius 1 is 1.00 bits per heavy atom. The van der Waals surface area contributed by atoms with Gasteiger partial charge in [-0.05, 0) is 44.4 Å². The predicted octanol–water partition coefficient (Wildman–Crippen LogP) is 3.94. The molecule has 1 amide bonds. The largest absolute Gasteiger partial charge is 0.309 e. The van der Waals surface area contributed by atoms with Crippen LogP contribution in [0.15, 0.2) is 54.6 Å². The maximum atomic E-state index is 13.1. The molecule has 21 heavy (non-hydrogen) atoms. The van der Waals surface area contributed by atoms with Gasteiger partial charge in [0.15, 0.2) is 0 Å². The van der Waals surface area contributed by atoms with Crippen molar-refractivity contribution in [1.29, 1.82) is 0 Å². The summed E-state index contributed by atoms with van der Waals surface area (Å²) in [5.74, 6) is 0.211. The van der Waals surface area contributed by atoms with Crippen LogP contribution in [0, 0.1) is 0 Å². The summed E-state index contributed by atoms with van der Waals surface area (Å²) < 4.78 is 0. The van der Waals surface area contributed by atoms with Gasteiger partial charge in [-0.25, -0.2) is 0 Å². The molecular weight excluding hydrogens is 258 g/mol. The zero-order chi connectivity index (χ0) is 15.0. The molecule has 2 aromatic rings. The van der Waals surface area contributed by atoms with Gasteiger partial charge >= 0.3 is 0 Å². The van der Waals surface area contributed by atoms with E-state index in [9.17, 15) is 4.79 Å². The van der Waals surface area contributed by atoms with E-state index >= 15 is 0 Å². The molecule has 0 aliphatic carbocycles. The lowest BCUT2D eigenvalue weighted by molar-refractivity contribution is -0.123. The summed E-state index contributed by atoms with van der Waals surface area (Å²) >= 11 is 0. The number of nitrogens with zero attached hydrogens (tertiary/aromatic N) is 1. The number of para-hydroxylation sites is 1. The Morgan fingerprint density at radius 2 is 1.62 bits per heavy atom. The van der Waals surface area contributed by atoms with Crippen LogP contribution >= 0.6 is 0 Å². The van der Waals surface area contributed by atoms with Gasteiger partial charge < -0.3 is 4.90 Å². The molecule has 2 aromatic carbocycles. The molecule has 0 saturated carbocycles. The van der Waals surface area contributed by atoms with Crippen molar-refractivity contribution < 1.29 is 4.79 Å². The van der Waals surface area contributed by atoms with Crippen LogP contribution in [0.25, 0.3) is 0 Å². The summed E-state index contributed by atoms with van der Waals surface area (Å²) in [5.41, 5.74) is 2.94. The minimum atomic E-state index is -0.470. The molecule has 108 valence electrons. The lowest BCUT2D eigenvalue weighted by atomic mass is 9.78.